The summed E-state index contributed by atoms with van der Waals surface area (Å²) in [6, 6.07) is 11.2. The number of carbonyl (C=O) groups is 1. The van der Waals surface area contributed by atoms with E-state index in [1.165, 1.54) is 31.0 Å². The minimum Gasteiger partial charge on any atom is -0.298 e. The number of aryl methyl sites for hydroxylation is 1. The Balaban J connectivity index is 1.36. The fraction of sp³-hybridized carbons (Fsp3) is 0.462. The fourth-order valence-electron chi connectivity index (χ4n) is 6.79. The van der Waals surface area contributed by atoms with Gasteiger partial charge in [-0.3, -0.25) is 9.59 Å². The highest BCUT2D eigenvalue weighted by atomic mass is 32.2. The van der Waals surface area contributed by atoms with E-state index < -0.39 is 0 Å². The summed E-state index contributed by atoms with van der Waals surface area (Å²) in [5.41, 5.74) is 1.41. The molecule has 7 rings (SSSR count). The van der Waals surface area contributed by atoms with Gasteiger partial charge in [0.05, 0.1) is 16.7 Å². The van der Waals surface area contributed by atoms with Crippen molar-refractivity contribution < 1.29 is 4.79 Å². The fourth-order valence-corrected chi connectivity index (χ4v) is 7.82. The molecule has 0 radical (unpaired) electrons. The van der Waals surface area contributed by atoms with Gasteiger partial charge >= 0.3 is 0 Å². The number of ketones is 1. The summed E-state index contributed by atoms with van der Waals surface area (Å²) in [6.45, 7) is 1.98. The van der Waals surface area contributed by atoms with Crippen LogP contribution in [-0.2, 0) is 4.79 Å². The standard InChI is InChI=1S/C26H27N3O2S/c1-16-6-7-27-23(8-16)29-24(31)20-4-2-3-5-21(20)28-25(29)32-15-22(30)26-12-17-9-18(13-26)11-19(10-17)14-26/h2-8,17-19H,9-15H2,1H3. The number of rotatable bonds is 5. The number of aromatic nitrogens is 3. The molecule has 2 aromatic heterocycles. The molecule has 4 fully saturated rings. The van der Waals surface area contributed by atoms with Crippen molar-refractivity contribution in [3.8, 4) is 5.82 Å². The van der Waals surface area contributed by atoms with Gasteiger partial charge in [-0.1, -0.05) is 23.9 Å². The van der Waals surface area contributed by atoms with Gasteiger partial charge in [-0.2, -0.15) is 0 Å². The first kappa shape index (κ1) is 20.2. The molecule has 4 aliphatic rings. The quantitative estimate of drug-likeness (QED) is 0.410. The van der Waals surface area contributed by atoms with E-state index in [1.807, 2.05) is 37.3 Å². The Bertz CT molecular complexity index is 1250. The molecule has 0 N–H and O–H groups in total. The predicted octanol–water partition coefficient (Wildman–Crippen LogP) is 4.97. The van der Waals surface area contributed by atoms with E-state index in [-0.39, 0.29) is 11.0 Å². The zero-order valence-electron chi connectivity index (χ0n) is 18.3. The van der Waals surface area contributed by atoms with Crippen molar-refractivity contribution >= 4 is 28.4 Å². The number of para-hydroxylation sites is 1. The summed E-state index contributed by atoms with van der Waals surface area (Å²) in [5.74, 6) is 3.49. The minimum atomic E-state index is -0.140. The lowest BCUT2D eigenvalue weighted by molar-refractivity contribution is -0.141. The van der Waals surface area contributed by atoms with E-state index in [0.29, 0.717) is 33.4 Å². The van der Waals surface area contributed by atoms with E-state index >= 15 is 0 Å². The summed E-state index contributed by atoms with van der Waals surface area (Å²) in [6.07, 6.45) is 8.88. The van der Waals surface area contributed by atoms with E-state index in [1.54, 1.807) is 16.8 Å². The highest BCUT2D eigenvalue weighted by molar-refractivity contribution is 7.99. The number of carbonyl (C=O) groups excluding carboxylic acids is 1. The summed E-state index contributed by atoms with van der Waals surface area (Å²) in [4.78, 5) is 36.2. The highest BCUT2D eigenvalue weighted by Crippen LogP contribution is 2.60. The molecule has 0 aliphatic heterocycles. The van der Waals surface area contributed by atoms with Crippen molar-refractivity contribution in [2.24, 2.45) is 23.2 Å². The van der Waals surface area contributed by atoms with Gasteiger partial charge in [-0.25, -0.2) is 14.5 Å². The van der Waals surface area contributed by atoms with Gasteiger partial charge in [0.25, 0.3) is 5.56 Å². The van der Waals surface area contributed by atoms with Gasteiger partial charge in [0.15, 0.2) is 5.16 Å². The maximum atomic E-state index is 13.6. The van der Waals surface area contributed by atoms with Crippen molar-refractivity contribution in [2.75, 3.05) is 5.75 Å². The molecule has 4 aliphatic carbocycles. The average molecular weight is 446 g/mol. The second kappa shape index (κ2) is 7.55. The minimum absolute atomic E-state index is 0.134. The lowest BCUT2D eigenvalue weighted by Crippen LogP contribution is -2.50. The van der Waals surface area contributed by atoms with E-state index in [0.717, 1.165) is 42.6 Å². The number of fused-ring (bicyclic) bond motifs is 1. The molecule has 4 saturated carbocycles. The monoisotopic (exact) mass is 445 g/mol. The summed E-state index contributed by atoms with van der Waals surface area (Å²) in [5, 5.41) is 1.11. The first-order chi connectivity index (χ1) is 15.5. The third-order valence-electron chi connectivity index (χ3n) is 7.84. The molecule has 6 heteroatoms. The molecule has 2 heterocycles. The molecule has 164 valence electrons. The van der Waals surface area contributed by atoms with E-state index in [4.69, 9.17) is 4.98 Å². The Kier molecular flexibility index (Phi) is 4.75. The third kappa shape index (κ3) is 3.31. The van der Waals surface area contributed by atoms with Gasteiger partial charge < -0.3 is 0 Å². The molecule has 0 spiro atoms. The highest BCUT2D eigenvalue weighted by Gasteiger charge is 2.54. The van der Waals surface area contributed by atoms with E-state index in [2.05, 4.69) is 4.98 Å². The Morgan fingerprint density at radius 1 is 1.09 bits per heavy atom. The predicted molar refractivity (Wildman–Crippen MR) is 126 cm³/mol. The van der Waals surface area contributed by atoms with Crippen LogP contribution in [0.1, 0.15) is 44.1 Å². The summed E-state index contributed by atoms with van der Waals surface area (Å²) in [7, 11) is 0. The number of thioether (sulfide) groups is 1. The topological polar surface area (TPSA) is 64.8 Å². The van der Waals surface area contributed by atoms with Crippen LogP contribution >= 0.6 is 11.8 Å². The van der Waals surface area contributed by atoms with Gasteiger partial charge in [-0.15, -0.1) is 0 Å². The summed E-state index contributed by atoms with van der Waals surface area (Å²) >= 11 is 1.40. The van der Waals surface area contributed by atoms with Crippen LogP contribution in [0.15, 0.2) is 52.5 Å². The molecule has 3 aromatic rings. The molecule has 0 unspecified atom stereocenters. The lowest BCUT2D eigenvalue weighted by atomic mass is 9.48. The maximum Gasteiger partial charge on any atom is 0.267 e. The first-order valence-electron chi connectivity index (χ1n) is 11.6. The van der Waals surface area contributed by atoms with Crippen LogP contribution in [0.25, 0.3) is 16.7 Å². The maximum absolute atomic E-state index is 13.6. The molecule has 0 saturated heterocycles. The van der Waals surface area contributed by atoms with Gasteiger partial charge in [-0.05, 0) is 93.0 Å². The third-order valence-corrected chi connectivity index (χ3v) is 8.78. The van der Waals surface area contributed by atoms with E-state index in [9.17, 15) is 9.59 Å². The van der Waals surface area contributed by atoms with Crippen molar-refractivity contribution in [1.82, 2.24) is 14.5 Å². The van der Waals surface area contributed by atoms with Crippen molar-refractivity contribution in [1.29, 1.82) is 0 Å². The Morgan fingerprint density at radius 2 is 1.78 bits per heavy atom. The Hall–Kier alpha value is -2.47. The second-order valence-corrected chi connectivity index (χ2v) is 11.1. The van der Waals surface area contributed by atoms with Crippen LogP contribution in [0.5, 0.6) is 0 Å². The number of hydrogen-bond donors (Lipinski definition) is 0. The molecule has 32 heavy (non-hydrogen) atoms. The zero-order chi connectivity index (χ0) is 21.9. The summed E-state index contributed by atoms with van der Waals surface area (Å²) < 4.78 is 1.58. The normalized spacial score (nSPS) is 28.3. The van der Waals surface area contributed by atoms with Crippen LogP contribution in [0, 0.1) is 30.1 Å². The number of Topliss-reactive ketones (excluding diaryl/α,β-unsaturated/α-hetero) is 1. The number of pyridine rings is 1. The molecule has 1 aromatic carbocycles. The first-order valence-corrected chi connectivity index (χ1v) is 12.6. The molecule has 0 amide bonds. The number of nitrogens with zero attached hydrogens (tertiary/aromatic N) is 3. The molecular formula is C26H27N3O2S. The number of benzene rings is 1. The SMILES string of the molecule is Cc1ccnc(-n2c(SCC(=O)C34CC5CC(CC(C5)C3)C4)nc3ccccc3c2=O)c1. The van der Waals surface area contributed by atoms with Crippen LogP contribution < -0.4 is 5.56 Å². The molecule has 5 nitrogen and oxygen atoms in total. The second-order valence-electron chi connectivity index (χ2n) is 10.2. The van der Waals surface area contributed by atoms with Gasteiger partial charge in [0, 0.05) is 11.6 Å². The lowest BCUT2D eigenvalue weighted by Gasteiger charge is -2.56. The smallest absolute Gasteiger partial charge is 0.267 e. The average Bonchev–Trinajstić information content (AvgIpc) is 2.76. The van der Waals surface area contributed by atoms with Crippen LogP contribution in [0.3, 0.4) is 0 Å². The van der Waals surface area contributed by atoms with Crippen molar-refractivity contribution in [2.45, 2.75) is 50.6 Å². The van der Waals surface area contributed by atoms with Crippen molar-refractivity contribution in [3.05, 3.63) is 58.5 Å². The van der Waals surface area contributed by atoms with Crippen LogP contribution in [0.4, 0.5) is 0 Å². The molecule has 4 bridgehead atoms. The van der Waals surface area contributed by atoms with Crippen LogP contribution in [-0.4, -0.2) is 26.1 Å². The van der Waals surface area contributed by atoms with Crippen molar-refractivity contribution in [3.63, 3.8) is 0 Å². The van der Waals surface area contributed by atoms with Crippen LogP contribution in [0.2, 0.25) is 0 Å². The Morgan fingerprint density at radius 3 is 2.47 bits per heavy atom. The number of hydrogen-bond acceptors (Lipinski definition) is 5. The van der Waals surface area contributed by atoms with Gasteiger partial charge in [0.1, 0.15) is 11.6 Å². The molecule has 0 atom stereocenters. The Labute approximate surface area is 191 Å². The van der Waals surface area contributed by atoms with Gasteiger partial charge in [0.2, 0.25) is 0 Å². The molecular weight excluding hydrogens is 418 g/mol. The largest absolute Gasteiger partial charge is 0.298 e. The zero-order valence-corrected chi connectivity index (χ0v) is 19.1.